The Hall–Kier alpha value is -2.74. The molecule has 4 rings (SSSR count). The summed E-state index contributed by atoms with van der Waals surface area (Å²) in [7, 11) is 4.84. The number of anilines is 1. The average Bonchev–Trinajstić information content (AvgIpc) is 3.32. The highest BCUT2D eigenvalue weighted by atomic mass is 35.5. The molecule has 2 heterocycles. The molecule has 1 aromatic heterocycles. The Kier molecular flexibility index (Phi) is 6.89. The van der Waals surface area contributed by atoms with Gasteiger partial charge in [-0.05, 0) is 59.3 Å². The van der Waals surface area contributed by atoms with Gasteiger partial charge in [-0.2, -0.15) is 0 Å². The summed E-state index contributed by atoms with van der Waals surface area (Å²) in [5.41, 5.74) is 2.89. The molecule has 0 radical (unpaired) electrons. The second-order valence-electron chi connectivity index (χ2n) is 7.44. The number of benzene rings is 2. The van der Waals surface area contributed by atoms with Crippen LogP contribution in [0.5, 0.6) is 17.2 Å². The third-order valence-electron chi connectivity index (χ3n) is 5.57. The van der Waals surface area contributed by atoms with Crippen molar-refractivity contribution in [1.29, 1.82) is 0 Å². The number of nitrogens with one attached hydrogen (secondary N) is 1. The van der Waals surface area contributed by atoms with E-state index in [1.54, 1.807) is 50.9 Å². The van der Waals surface area contributed by atoms with Crippen molar-refractivity contribution in [1.82, 2.24) is 4.90 Å². The number of hydrogen-bond donors (Lipinski definition) is 1. The fourth-order valence-corrected chi connectivity index (χ4v) is 5.15. The number of nitrogens with zero attached hydrogens (tertiary/aromatic N) is 1. The lowest BCUT2D eigenvalue weighted by Crippen LogP contribution is -2.41. The van der Waals surface area contributed by atoms with Crippen molar-refractivity contribution in [2.75, 3.05) is 39.7 Å². The molecular weight excluding hydrogens is 448 g/mol. The highest BCUT2D eigenvalue weighted by Crippen LogP contribution is 2.42. The minimum atomic E-state index is -0.129. The van der Waals surface area contributed by atoms with E-state index in [1.165, 1.54) is 10.4 Å². The second-order valence-corrected chi connectivity index (χ2v) is 8.85. The number of halogens is 1. The molecule has 1 unspecified atom stereocenters. The van der Waals surface area contributed by atoms with Gasteiger partial charge < -0.3 is 19.5 Å². The standard InChI is InChI=1S/C24H25ClN2O4S/c1-29-19-7-6-16(25)12-18(19)26-23(28)14-27-9-8-15-11-20(30-2)21(31-3)13-17(15)24(27)22-5-4-10-32-22/h4-7,10-13,24H,8-9,14H2,1-3H3,(H,26,28). The zero-order chi connectivity index (χ0) is 22.7. The molecule has 1 amide bonds. The SMILES string of the molecule is COc1ccc(Cl)cc1NC(=O)CN1CCc2cc(OC)c(OC)cc2C1c1cccs1. The quantitative estimate of drug-likeness (QED) is 0.523. The molecule has 0 saturated carbocycles. The Balaban J connectivity index is 1.63. The Morgan fingerprint density at radius 3 is 2.53 bits per heavy atom. The third-order valence-corrected chi connectivity index (χ3v) is 6.73. The van der Waals surface area contributed by atoms with Gasteiger partial charge in [0.15, 0.2) is 11.5 Å². The van der Waals surface area contributed by atoms with Gasteiger partial charge in [-0.3, -0.25) is 9.69 Å². The molecule has 2 aromatic carbocycles. The molecular formula is C24H25ClN2O4S. The highest BCUT2D eigenvalue weighted by molar-refractivity contribution is 7.10. The molecule has 8 heteroatoms. The minimum absolute atomic E-state index is 0.0504. The lowest BCUT2D eigenvalue weighted by atomic mass is 9.91. The molecule has 1 atom stereocenters. The Morgan fingerprint density at radius 1 is 1.09 bits per heavy atom. The van der Waals surface area contributed by atoms with E-state index in [0.717, 1.165) is 24.3 Å². The third kappa shape index (κ3) is 4.55. The first-order valence-corrected chi connectivity index (χ1v) is 11.5. The largest absolute Gasteiger partial charge is 0.495 e. The van der Waals surface area contributed by atoms with Crippen LogP contribution >= 0.6 is 22.9 Å². The van der Waals surface area contributed by atoms with Crippen molar-refractivity contribution < 1.29 is 19.0 Å². The number of carbonyl (C=O) groups excluding carboxylic acids is 1. The predicted molar refractivity (Wildman–Crippen MR) is 128 cm³/mol. The number of amides is 1. The monoisotopic (exact) mass is 472 g/mol. The summed E-state index contributed by atoms with van der Waals surface area (Å²) >= 11 is 7.79. The van der Waals surface area contributed by atoms with Crippen molar-refractivity contribution in [2.24, 2.45) is 0 Å². The second kappa shape index (κ2) is 9.81. The van der Waals surface area contributed by atoms with Crippen LogP contribution in [0.1, 0.15) is 22.0 Å². The van der Waals surface area contributed by atoms with Crippen molar-refractivity contribution in [3.05, 3.63) is 68.9 Å². The lowest BCUT2D eigenvalue weighted by molar-refractivity contribution is -0.117. The van der Waals surface area contributed by atoms with Crippen molar-refractivity contribution in [3.8, 4) is 17.2 Å². The molecule has 0 fully saturated rings. The zero-order valence-electron chi connectivity index (χ0n) is 18.2. The fraction of sp³-hybridized carbons (Fsp3) is 0.292. The van der Waals surface area contributed by atoms with Crippen LogP contribution in [0.4, 0.5) is 5.69 Å². The van der Waals surface area contributed by atoms with Crippen LogP contribution in [0.3, 0.4) is 0 Å². The summed E-state index contributed by atoms with van der Waals surface area (Å²) < 4.78 is 16.4. The highest BCUT2D eigenvalue weighted by Gasteiger charge is 2.32. The predicted octanol–water partition coefficient (Wildman–Crippen LogP) is 5.01. The molecule has 168 valence electrons. The van der Waals surface area contributed by atoms with Crippen LogP contribution in [0, 0.1) is 0 Å². The maximum absolute atomic E-state index is 13.0. The summed E-state index contributed by atoms with van der Waals surface area (Å²) in [6, 6.07) is 13.3. The number of carbonyl (C=O) groups is 1. The van der Waals surface area contributed by atoms with Gasteiger partial charge >= 0.3 is 0 Å². The van der Waals surface area contributed by atoms with Gasteiger partial charge in [0.25, 0.3) is 0 Å². The van der Waals surface area contributed by atoms with Gasteiger partial charge in [0.1, 0.15) is 5.75 Å². The summed E-state index contributed by atoms with van der Waals surface area (Å²) in [6.45, 7) is 0.969. The van der Waals surface area contributed by atoms with Crippen LogP contribution < -0.4 is 19.5 Å². The van der Waals surface area contributed by atoms with Crippen molar-refractivity contribution >= 4 is 34.5 Å². The van der Waals surface area contributed by atoms with E-state index in [-0.39, 0.29) is 18.5 Å². The Morgan fingerprint density at radius 2 is 1.84 bits per heavy atom. The van der Waals surface area contributed by atoms with Gasteiger partial charge in [-0.1, -0.05) is 17.7 Å². The summed E-state index contributed by atoms with van der Waals surface area (Å²) in [5, 5.41) is 5.54. The van der Waals surface area contributed by atoms with Crippen LogP contribution in [0.25, 0.3) is 0 Å². The molecule has 1 aliphatic rings. The molecule has 0 saturated heterocycles. The van der Waals surface area contributed by atoms with Crippen molar-refractivity contribution in [2.45, 2.75) is 12.5 Å². The van der Waals surface area contributed by atoms with Gasteiger partial charge in [0.05, 0.1) is 39.6 Å². The van der Waals surface area contributed by atoms with E-state index in [0.29, 0.717) is 22.2 Å². The van der Waals surface area contributed by atoms with Crippen LogP contribution in [0.2, 0.25) is 5.02 Å². The number of ether oxygens (including phenoxy) is 3. The maximum atomic E-state index is 13.0. The molecule has 1 N–H and O–H groups in total. The Labute approximate surface area is 196 Å². The van der Waals surface area contributed by atoms with Gasteiger partial charge in [-0.15, -0.1) is 11.3 Å². The van der Waals surface area contributed by atoms with Gasteiger partial charge in [-0.25, -0.2) is 0 Å². The zero-order valence-corrected chi connectivity index (χ0v) is 19.8. The smallest absolute Gasteiger partial charge is 0.238 e. The number of hydrogen-bond acceptors (Lipinski definition) is 6. The minimum Gasteiger partial charge on any atom is -0.495 e. The first-order valence-electron chi connectivity index (χ1n) is 10.2. The van der Waals surface area contributed by atoms with E-state index in [9.17, 15) is 4.79 Å². The molecule has 32 heavy (non-hydrogen) atoms. The molecule has 0 spiro atoms. The van der Waals surface area contributed by atoms with Crippen LogP contribution in [-0.4, -0.2) is 45.2 Å². The molecule has 3 aromatic rings. The first-order chi connectivity index (χ1) is 15.5. The van der Waals surface area contributed by atoms with E-state index < -0.39 is 0 Å². The van der Waals surface area contributed by atoms with E-state index in [2.05, 4.69) is 21.7 Å². The first kappa shape index (κ1) is 22.5. The number of methoxy groups -OCH3 is 3. The van der Waals surface area contributed by atoms with E-state index in [1.807, 2.05) is 18.2 Å². The lowest BCUT2D eigenvalue weighted by Gasteiger charge is -2.37. The van der Waals surface area contributed by atoms with E-state index >= 15 is 0 Å². The summed E-state index contributed by atoms with van der Waals surface area (Å²) in [6.07, 6.45) is 0.811. The fourth-order valence-electron chi connectivity index (χ4n) is 4.10. The molecule has 6 nitrogen and oxygen atoms in total. The average molecular weight is 473 g/mol. The molecule has 0 aliphatic carbocycles. The Bertz CT molecular complexity index is 1100. The van der Waals surface area contributed by atoms with Crippen LogP contribution in [0.15, 0.2) is 47.8 Å². The number of rotatable bonds is 7. The van der Waals surface area contributed by atoms with Gasteiger partial charge in [0.2, 0.25) is 5.91 Å². The topological polar surface area (TPSA) is 60.0 Å². The molecule has 1 aliphatic heterocycles. The summed E-state index contributed by atoms with van der Waals surface area (Å²) in [4.78, 5) is 16.4. The number of fused-ring (bicyclic) bond motifs is 1. The summed E-state index contributed by atoms with van der Waals surface area (Å²) in [5.74, 6) is 1.84. The van der Waals surface area contributed by atoms with Crippen LogP contribution in [-0.2, 0) is 11.2 Å². The van der Waals surface area contributed by atoms with Crippen molar-refractivity contribution in [3.63, 3.8) is 0 Å². The normalized spacial score (nSPS) is 15.7. The molecule has 0 bridgehead atoms. The number of thiophene rings is 1. The maximum Gasteiger partial charge on any atom is 0.238 e. The van der Waals surface area contributed by atoms with Gasteiger partial charge in [0, 0.05) is 16.4 Å². The van der Waals surface area contributed by atoms with E-state index in [4.69, 9.17) is 25.8 Å².